The van der Waals surface area contributed by atoms with Crippen molar-refractivity contribution in [3.8, 4) is 0 Å². The van der Waals surface area contributed by atoms with Crippen molar-refractivity contribution in [2.24, 2.45) is 0 Å². The van der Waals surface area contributed by atoms with E-state index in [9.17, 15) is 14.7 Å². The Kier molecular flexibility index (Phi) is 6.08. The standard InChI is InChI=1S/C16H21N3O4S/c1-4-6-7-10(15(20)21)19-13-11-9(3)12(16(22)23-5-2)24-14(11)18-8-17-13/h8,10H,4-7H2,1-3H3,(H,20,21)(H,17,18,19). The van der Waals surface area contributed by atoms with Crippen LogP contribution in [0.15, 0.2) is 6.33 Å². The molecular weight excluding hydrogens is 330 g/mol. The molecule has 2 N–H and O–H groups in total. The molecule has 2 aromatic rings. The number of thiophene rings is 1. The van der Waals surface area contributed by atoms with Gasteiger partial charge >= 0.3 is 11.9 Å². The molecule has 0 aliphatic rings. The fourth-order valence-electron chi connectivity index (χ4n) is 2.40. The van der Waals surface area contributed by atoms with Gasteiger partial charge in [0.25, 0.3) is 0 Å². The summed E-state index contributed by atoms with van der Waals surface area (Å²) in [6, 6.07) is -0.728. The molecular formula is C16H21N3O4S. The summed E-state index contributed by atoms with van der Waals surface area (Å²) >= 11 is 1.23. The Morgan fingerprint density at radius 2 is 2.12 bits per heavy atom. The van der Waals surface area contributed by atoms with Crippen molar-refractivity contribution in [3.63, 3.8) is 0 Å². The lowest BCUT2D eigenvalue weighted by atomic mass is 10.1. The number of aliphatic carboxylic acids is 1. The van der Waals surface area contributed by atoms with Gasteiger partial charge in [-0.25, -0.2) is 19.6 Å². The maximum atomic E-state index is 12.0. The second kappa shape index (κ2) is 8.05. The number of aromatic nitrogens is 2. The van der Waals surface area contributed by atoms with Crippen LogP contribution in [0, 0.1) is 6.92 Å². The number of nitrogens with one attached hydrogen (secondary N) is 1. The number of fused-ring (bicyclic) bond motifs is 1. The number of hydrogen-bond acceptors (Lipinski definition) is 7. The monoisotopic (exact) mass is 351 g/mol. The highest BCUT2D eigenvalue weighted by Crippen LogP contribution is 2.34. The van der Waals surface area contributed by atoms with Crippen molar-refractivity contribution >= 4 is 39.3 Å². The van der Waals surface area contributed by atoms with Crippen molar-refractivity contribution in [3.05, 3.63) is 16.8 Å². The molecule has 0 saturated heterocycles. The number of unbranched alkanes of at least 4 members (excludes halogenated alkanes) is 1. The Morgan fingerprint density at radius 1 is 1.38 bits per heavy atom. The molecule has 0 saturated carbocycles. The van der Waals surface area contributed by atoms with Gasteiger partial charge in [0.15, 0.2) is 0 Å². The molecule has 0 spiro atoms. The fourth-order valence-corrected chi connectivity index (χ4v) is 3.45. The predicted molar refractivity (Wildman–Crippen MR) is 92.7 cm³/mol. The molecule has 2 heterocycles. The number of ether oxygens (including phenoxy) is 1. The maximum Gasteiger partial charge on any atom is 0.348 e. The van der Waals surface area contributed by atoms with Crippen LogP contribution in [-0.2, 0) is 9.53 Å². The molecule has 0 amide bonds. The SMILES string of the molecule is CCCCC(Nc1ncnc2sc(C(=O)OCC)c(C)c12)C(=O)O. The average Bonchev–Trinajstić information content (AvgIpc) is 2.89. The van der Waals surface area contributed by atoms with Crippen LogP contribution in [0.2, 0.25) is 0 Å². The Labute approximate surface area is 144 Å². The minimum atomic E-state index is -0.922. The normalized spacial score (nSPS) is 12.1. The fraction of sp³-hybridized carbons (Fsp3) is 0.500. The molecule has 1 atom stereocenters. The number of esters is 1. The van der Waals surface area contributed by atoms with Gasteiger partial charge in [-0.1, -0.05) is 19.8 Å². The predicted octanol–water partition coefficient (Wildman–Crippen LogP) is 3.23. The van der Waals surface area contributed by atoms with E-state index in [1.807, 2.05) is 6.92 Å². The van der Waals surface area contributed by atoms with Crippen LogP contribution < -0.4 is 5.32 Å². The number of carbonyl (C=O) groups excluding carboxylic acids is 1. The third-order valence-corrected chi connectivity index (χ3v) is 4.82. The molecule has 0 aliphatic heterocycles. The zero-order valence-corrected chi connectivity index (χ0v) is 14.8. The van der Waals surface area contributed by atoms with E-state index in [4.69, 9.17) is 4.74 Å². The van der Waals surface area contributed by atoms with Gasteiger partial charge in [0.05, 0.1) is 12.0 Å². The zero-order valence-electron chi connectivity index (χ0n) is 14.0. The Hall–Kier alpha value is -2.22. The summed E-state index contributed by atoms with van der Waals surface area (Å²) in [7, 11) is 0. The van der Waals surface area contributed by atoms with E-state index < -0.39 is 18.0 Å². The van der Waals surface area contributed by atoms with Crippen LogP contribution in [-0.4, -0.2) is 39.7 Å². The van der Waals surface area contributed by atoms with Gasteiger partial charge in [-0.05, 0) is 25.8 Å². The van der Waals surface area contributed by atoms with Gasteiger partial charge in [0, 0.05) is 0 Å². The number of nitrogens with zero attached hydrogens (tertiary/aromatic N) is 2. The van der Waals surface area contributed by atoms with Gasteiger partial charge < -0.3 is 15.2 Å². The largest absolute Gasteiger partial charge is 0.480 e. The molecule has 130 valence electrons. The second-order valence-electron chi connectivity index (χ2n) is 5.36. The highest BCUT2D eigenvalue weighted by molar-refractivity contribution is 7.20. The molecule has 24 heavy (non-hydrogen) atoms. The van der Waals surface area contributed by atoms with Crippen molar-refractivity contribution in [1.82, 2.24) is 9.97 Å². The molecule has 1 unspecified atom stereocenters. The molecule has 0 radical (unpaired) electrons. The second-order valence-corrected chi connectivity index (χ2v) is 6.36. The van der Waals surface area contributed by atoms with Crippen LogP contribution in [0.25, 0.3) is 10.2 Å². The molecule has 0 bridgehead atoms. The van der Waals surface area contributed by atoms with E-state index in [0.29, 0.717) is 39.5 Å². The third-order valence-electron chi connectivity index (χ3n) is 3.64. The average molecular weight is 351 g/mol. The number of aryl methyl sites for hydroxylation is 1. The Balaban J connectivity index is 2.40. The van der Waals surface area contributed by atoms with Gasteiger partial charge in [0.2, 0.25) is 0 Å². The van der Waals surface area contributed by atoms with E-state index in [1.54, 1.807) is 13.8 Å². The summed E-state index contributed by atoms with van der Waals surface area (Å²) in [5.74, 6) is -0.883. The minimum absolute atomic E-state index is 0.293. The maximum absolute atomic E-state index is 12.0. The highest BCUT2D eigenvalue weighted by atomic mass is 32.1. The first-order chi connectivity index (χ1) is 11.5. The van der Waals surface area contributed by atoms with Gasteiger partial charge in [0.1, 0.15) is 27.9 Å². The first kappa shape index (κ1) is 18.1. The molecule has 0 aliphatic carbocycles. The topological polar surface area (TPSA) is 101 Å². The summed E-state index contributed by atoms with van der Waals surface area (Å²) in [4.78, 5) is 33.0. The summed E-state index contributed by atoms with van der Waals surface area (Å²) in [6.07, 6.45) is 3.59. The van der Waals surface area contributed by atoms with E-state index in [-0.39, 0.29) is 0 Å². The number of carboxylic acids is 1. The summed E-state index contributed by atoms with van der Waals surface area (Å²) in [6.45, 7) is 5.85. The van der Waals surface area contributed by atoms with E-state index in [2.05, 4.69) is 15.3 Å². The number of carbonyl (C=O) groups is 2. The third kappa shape index (κ3) is 3.81. The number of rotatable bonds is 8. The molecule has 2 rings (SSSR count). The summed E-state index contributed by atoms with van der Waals surface area (Å²) in [5.41, 5.74) is 0.705. The first-order valence-electron chi connectivity index (χ1n) is 7.90. The first-order valence-corrected chi connectivity index (χ1v) is 8.71. The lowest BCUT2D eigenvalue weighted by Crippen LogP contribution is -2.29. The van der Waals surface area contributed by atoms with Crippen LogP contribution in [0.5, 0.6) is 0 Å². The Morgan fingerprint density at radius 3 is 2.75 bits per heavy atom. The lowest BCUT2D eigenvalue weighted by molar-refractivity contribution is -0.138. The van der Waals surface area contributed by atoms with E-state index >= 15 is 0 Å². The smallest absolute Gasteiger partial charge is 0.348 e. The van der Waals surface area contributed by atoms with E-state index in [0.717, 1.165) is 12.8 Å². The Bertz CT molecular complexity index is 744. The lowest BCUT2D eigenvalue weighted by Gasteiger charge is -2.15. The molecule has 2 aromatic heterocycles. The zero-order chi connectivity index (χ0) is 17.7. The quantitative estimate of drug-likeness (QED) is 0.704. The van der Waals surface area contributed by atoms with Crippen molar-refractivity contribution in [2.45, 2.75) is 46.1 Å². The van der Waals surface area contributed by atoms with E-state index in [1.165, 1.54) is 17.7 Å². The number of hydrogen-bond donors (Lipinski definition) is 2. The molecule has 7 nitrogen and oxygen atoms in total. The summed E-state index contributed by atoms with van der Waals surface area (Å²) < 4.78 is 5.06. The van der Waals surface area contributed by atoms with Crippen molar-refractivity contribution in [2.75, 3.05) is 11.9 Å². The van der Waals surface area contributed by atoms with Crippen molar-refractivity contribution < 1.29 is 19.4 Å². The number of anilines is 1. The van der Waals surface area contributed by atoms with Gasteiger partial charge in [-0.2, -0.15) is 0 Å². The van der Waals surface area contributed by atoms with Gasteiger partial charge in [-0.3, -0.25) is 0 Å². The van der Waals surface area contributed by atoms with Crippen LogP contribution >= 0.6 is 11.3 Å². The van der Waals surface area contributed by atoms with Crippen LogP contribution in [0.3, 0.4) is 0 Å². The van der Waals surface area contributed by atoms with Gasteiger partial charge in [-0.15, -0.1) is 11.3 Å². The highest BCUT2D eigenvalue weighted by Gasteiger charge is 2.23. The molecule has 0 fully saturated rings. The molecule has 8 heteroatoms. The van der Waals surface area contributed by atoms with Crippen LogP contribution in [0.1, 0.15) is 48.3 Å². The minimum Gasteiger partial charge on any atom is -0.480 e. The number of carboxylic acid groups (broad SMARTS) is 1. The summed E-state index contributed by atoms with van der Waals surface area (Å²) in [5, 5.41) is 13.0. The molecule has 0 aromatic carbocycles. The van der Waals surface area contributed by atoms with Crippen LogP contribution in [0.4, 0.5) is 5.82 Å². The van der Waals surface area contributed by atoms with Crippen molar-refractivity contribution in [1.29, 1.82) is 0 Å².